The predicted molar refractivity (Wildman–Crippen MR) is 93.4 cm³/mol. The van der Waals surface area contributed by atoms with Gasteiger partial charge in [-0.25, -0.2) is 4.98 Å². The van der Waals surface area contributed by atoms with Crippen molar-refractivity contribution in [1.82, 2.24) is 10.3 Å². The van der Waals surface area contributed by atoms with Crippen LogP contribution in [0.5, 0.6) is 0 Å². The van der Waals surface area contributed by atoms with Gasteiger partial charge in [-0.3, -0.25) is 0 Å². The van der Waals surface area contributed by atoms with Gasteiger partial charge < -0.3 is 10.2 Å². The number of hydrogen-bond acceptors (Lipinski definition) is 4. The molecule has 21 heavy (non-hydrogen) atoms. The van der Waals surface area contributed by atoms with E-state index in [-0.39, 0.29) is 0 Å². The van der Waals surface area contributed by atoms with Gasteiger partial charge in [-0.15, -0.1) is 11.3 Å². The third-order valence-corrected chi connectivity index (χ3v) is 5.35. The SMILES string of the molecule is CC1CCCN(c2nc(C(C)C)c(CNC(C)C)s2)CC1. The summed E-state index contributed by atoms with van der Waals surface area (Å²) in [6, 6.07) is 0.523. The normalized spacial score (nSPS) is 20.3. The van der Waals surface area contributed by atoms with Crippen molar-refractivity contribution in [2.75, 3.05) is 18.0 Å². The van der Waals surface area contributed by atoms with Gasteiger partial charge in [-0.1, -0.05) is 34.6 Å². The Balaban J connectivity index is 2.14. The predicted octanol–water partition coefficient (Wildman–Crippen LogP) is 4.39. The molecule has 2 rings (SSSR count). The van der Waals surface area contributed by atoms with Crippen LogP contribution in [0.1, 0.15) is 70.4 Å². The number of aromatic nitrogens is 1. The maximum absolute atomic E-state index is 4.98. The Labute approximate surface area is 134 Å². The molecule has 0 aromatic carbocycles. The molecular weight excluding hydrogens is 278 g/mol. The highest BCUT2D eigenvalue weighted by atomic mass is 32.1. The van der Waals surface area contributed by atoms with Crippen molar-refractivity contribution in [1.29, 1.82) is 0 Å². The highest BCUT2D eigenvalue weighted by molar-refractivity contribution is 7.15. The van der Waals surface area contributed by atoms with Crippen LogP contribution in [0.15, 0.2) is 0 Å². The molecule has 1 saturated heterocycles. The van der Waals surface area contributed by atoms with Crippen molar-refractivity contribution in [3.63, 3.8) is 0 Å². The zero-order chi connectivity index (χ0) is 15.4. The lowest BCUT2D eigenvalue weighted by Gasteiger charge is -2.19. The van der Waals surface area contributed by atoms with Gasteiger partial charge in [-0.2, -0.15) is 0 Å². The summed E-state index contributed by atoms with van der Waals surface area (Å²) in [7, 11) is 0. The zero-order valence-electron chi connectivity index (χ0n) is 14.3. The molecule has 1 aliphatic rings. The summed E-state index contributed by atoms with van der Waals surface area (Å²) < 4.78 is 0. The van der Waals surface area contributed by atoms with Crippen LogP contribution in [-0.4, -0.2) is 24.1 Å². The average molecular weight is 310 g/mol. The molecule has 0 saturated carbocycles. The number of hydrogen-bond donors (Lipinski definition) is 1. The molecule has 0 radical (unpaired) electrons. The Morgan fingerprint density at radius 3 is 2.67 bits per heavy atom. The Morgan fingerprint density at radius 2 is 2.00 bits per heavy atom. The fourth-order valence-corrected chi connectivity index (χ4v) is 4.03. The first-order chi connectivity index (χ1) is 9.97. The minimum absolute atomic E-state index is 0.505. The van der Waals surface area contributed by atoms with E-state index in [0.29, 0.717) is 12.0 Å². The summed E-state index contributed by atoms with van der Waals surface area (Å²) in [5.41, 5.74) is 1.29. The van der Waals surface area contributed by atoms with E-state index in [0.717, 1.165) is 12.5 Å². The summed E-state index contributed by atoms with van der Waals surface area (Å²) in [6.45, 7) is 14.6. The van der Waals surface area contributed by atoms with Gasteiger partial charge in [0.2, 0.25) is 0 Å². The first-order valence-corrected chi connectivity index (χ1v) is 9.27. The van der Waals surface area contributed by atoms with Crippen LogP contribution in [0.2, 0.25) is 0 Å². The van der Waals surface area contributed by atoms with Crippen LogP contribution < -0.4 is 10.2 Å². The van der Waals surface area contributed by atoms with Crippen LogP contribution in [0.4, 0.5) is 5.13 Å². The second kappa shape index (κ2) is 7.59. The summed E-state index contributed by atoms with van der Waals surface area (Å²) in [6.07, 6.45) is 3.97. The zero-order valence-corrected chi connectivity index (χ0v) is 15.1. The molecule has 1 fully saturated rings. The van der Waals surface area contributed by atoms with Gasteiger partial charge in [0.25, 0.3) is 0 Å². The number of rotatable bonds is 5. The largest absolute Gasteiger partial charge is 0.348 e. The van der Waals surface area contributed by atoms with Crippen LogP contribution in [-0.2, 0) is 6.54 Å². The second-order valence-corrected chi connectivity index (χ2v) is 8.08. The fourth-order valence-electron chi connectivity index (χ4n) is 2.81. The maximum Gasteiger partial charge on any atom is 0.185 e. The molecule has 4 heteroatoms. The van der Waals surface area contributed by atoms with Crippen molar-refractivity contribution < 1.29 is 0 Å². The standard InChI is InChI=1S/C17H31N3S/c1-12(2)16-15(11-18-13(3)4)21-17(19-16)20-9-6-7-14(5)8-10-20/h12-14,18H,6-11H2,1-5H3. The van der Waals surface area contributed by atoms with Gasteiger partial charge in [-0.05, 0) is 31.1 Å². The van der Waals surface area contributed by atoms with Gasteiger partial charge >= 0.3 is 0 Å². The van der Waals surface area contributed by atoms with Crippen molar-refractivity contribution in [3.8, 4) is 0 Å². The first-order valence-electron chi connectivity index (χ1n) is 8.45. The molecule has 1 aromatic rings. The van der Waals surface area contributed by atoms with Crippen molar-refractivity contribution in [2.24, 2.45) is 5.92 Å². The molecule has 1 unspecified atom stereocenters. The lowest BCUT2D eigenvalue weighted by Crippen LogP contribution is -2.23. The molecule has 0 amide bonds. The summed E-state index contributed by atoms with van der Waals surface area (Å²) in [5.74, 6) is 1.37. The summed E-state index contributed by atoms with van der Waals surface area (Å²) in [4.78, 5) is 8.92. The van der Waals surface area contributed by atoms with E-state index in [1.165, 1.54) is 48.1 Å². The summed E-state index contributed by atoms with van der Waals surface area (Å²) >= 11 is 1.90. The molecule has 1 aromatic heterocycles. The van der Waals surface area contributed by atoms with E-state index in [2.05, 4.69) is 44.8 Å². The van der Waals surface area contributed by atoms with Crippen molar-refractivity contribution in [3.05, 3.63) is 10.6 Å². The second-order valence-electron chi connectivity index (χ2n) is 7.02. The minimum Gasteiger partial charge on any atom is -0.348 e. The lowest BCUT2D eigenvalue weighted by atomic mass is 10.0. The third kappa shape index (κ3) is 4.68. The van der Waals surface area contributed by atoms with E-state index in [1.807, 2.05) is 11.3 Å². The highest BCUT2D eigenvalue weighted by Gasteiger charge is 2.20. The van der Waals surface area contributed by atoms with E-state index >= 15 is 0 Å². The quantitative estimate of drug-likeness (QED) is 0.874. The van der Waals surface area contributed by atoms with Crippen LogP contribution >= 0.6 is 11.3 Å². The van der Waals surface area contributed by atoms with Crippen LogP contribution in [0.25, 0.3) is 0 Å². The van der Waals surface area contributed by atoms with Gasteiger partial charge in [0.15, 0.2) is 5.13 Å². The maximum atomic E-state index is 4.98. The highest BCUT2D eigenvalue weighted by Crippen LogP contribution is 2.32. The number of nitrogens with one attached hydrogen (secondary N) is 1. The Bertz CT molecular complexity index is 439. The van der Waals surface area contributed by atoms with Gasteiger partial charge in [0.1, 0.15) is 0 Å². The fraction of sp³-hybridized carbons (Fsp3) is 0.824. The molecule has 1 N–H and O–H groups in total. The topological polar surface area (TPSA) is 28.2 Å². The Morgan fingerprint density at radius 1 is 1.24 bits per heavy atom. The van der Waals surface area contributed by atoms with Gasteiger partial charge in [0.05, 0.1) is 5.69 Å². The lowest BCUT2D eigenvalue weighted by molar-refractivity contribution is 0.521. The van der Waals surface area contributed by atoms with E-state index < -0.39 is 0 Å². The van der Waals surface area contributed by atoms with E-state index in [4.69, 9.17) is 4.98 Å². The third-order valence-electron chi connectivity index (χ3n) is 4.22. The Hall–Kier alpha value is -0.610. The van der Waals surface area contributed by atoms with Crippen LogP contribution in [0, 0.1) is 5.92 Å². The molecule has 3 nitrogen and oxygen atoms in total. The van der Waals surface area contributed by atoms with E-state index in [1.54, 1.807) is 0 Å². The summed E-state index contributed by atoms with van der Waals surface area (Å²) in [5, 5.41) is 4.79. The average Bonchev–Trinajstić information content (AvgIpc) is 2.73. The smallest absolute Gasteiger partial charge is 0.185 e. The molecule has 1 aliphatic heterocycles. The number of thiazole rings is 1. The molecule has 120 valence electrons. The molecule has 0 aliphatic carbocycles. The molecule has 1 atom stereocenters. The first kappa shape index (κ1) is 16.8. The molecule has 0 spiro atoms. The number of nitrogens with zero attached hydrogens (tertiary/aromatic N) is 2. The van der Waals surface area contributed by atoms with E-state index in [9.17, 15) is 0 Å². The van der Waals surface area contributed by atoms with Gasteiger partial charge in [0, 0.05) is 30.6 Å². The molecular formula is C17H31N3S. The molecule has 2 heterocycles. The van der Waals surface area contributed by atoms with Crippen LogP contribution in [0.3, 0.4) is 0 Å². The Kier molecular flexibility index (Phi) is 6.06. The molecule has 0 bridgehead atoms. The van der Waals surface area contributed by atoms with Crippen molar-refractivity contribution in [2.45, 2.75) is 72.4 Å². The van der Waals surface area contributed by atoms with Crippen molar-refractivity contribution >= 4 is 16.5 Å². The number of anilines is 1. The minimum atomic E-state index is 0.505. The monoisotopic (exact) mass is 309 g/mol.